The predicted octanol–water partition coefficient (Wildman–Crippen LogP) is 4.50. The lowest BCUT2D eigenvalue weighted by Gasteiger charge is -2.45. The van der Waals surface area contributed by atoms with Crippen molar-refractivity contribution >= 4 is 23.4 Å². The van der Waals surface area contributed by atoms with Gasteiger partial charge in [0.2, 0.25) is 5.88 Å². The van der Waals surface area contributed by atoms with Crippen LogP contribution in [-0.2, 0) is 9.53 Å². The summed E-state index contributed by atoms with van der Waals surface area (Å²) < 4.78 is 10.5. The number of amides is 1. The number of hydrogen-bond donors (Lipinski definition) is 1. The van der Waals surface area contributed by atoms with Crippen LogP contribution in [0, 0.1) is 11.3 Å². The van der Waals surface area contributed by atoms with Crippen LogP contribution < -0.4 is 15.4 Å². The molecule has 0 saturated heterocycles. The van der Waals surface area contributed by atoms with E-state index >= 15 is 0 Å². The van der Waals surface area contributed by atoms with Gasteiger partial charge in [0.05, 0.1) is 13.7 Å². The van der Waals surface area contributed by atoms with Crippen LogP contribution in [0.2, 0.25) is 0 Å². The number of carbonyl (C=O) groups excluding carboxylic acids is 2. The molecule has 1 spiro atoms. The van der Waals surface area contributed by atoms with Gasteiger partial charge >= 0.3 is 5.97 Å². The quantitative estimate of drug-likeness (QED) is 0.645. The minimum atomic E-state index is -0.231. The maximum absolute atomic E-state index is 13.2. The van der Waals surface area contributed by atoms with E-state index in [1.54, 1.807) is 4.90 Å². The van der Waals surface area contributed by atoms with Gasteiger partial charge in [-0.1, -0.05) is 12.1 Å². The molecule has 8 nitrogen and oxygen atoms in total. The third-order valence-corrected chi connectivity index (χ3v) is 8.43. The van der Waals surface area contributed by atoms with Crippen LogP contribution in [0.15, 0.2) is 30.6 Å². The molecule has 186 valence electrons. The van der Waals surface area contributed by atoms with E-state index in [0.29, 0.717) is 36.8 Å². The molecule has 2 saturated carbocycles. The second-order valence-corrected chi connectivity index (χ2v) is 10.3. The Morgan fingerprint density at radius 3 is 2.49 bits per heavy atom. The van der Waals surface area contributed by atoms with Crippen molar-refractivity contribution < 1.29 is 19.1 Å². The van der Waals surface area contributed by atoms with Gasteiger partial charge in [0.25, 0.3) is 5.91 Å². The van der Waals surface area contributed by atoms with E-state index in [-0.39, 0.29) is 29.1 Å². The Morgan fingerprint density at radius 2 is 1.80 bits per heavy atom. The number of anilines is 2. The highest BCUT2D eigenvalue weighted by molar-refractivity contribution is 6.10. The summed E-state index contributed by atoms with van der Waals surface area (Å²) in [4.78, 5) is 34.5. The van der Waals surface area contributed by atoms with Crippen molar-refractivity contribution in [1.29, 1.82) is 0 Å². The van der Waals surface area contributed by atoms with Crippen LogP contribution >= 0.6 is 0 Å². The lowest BCUT2D eigenvalue weighted by Crippen LogP contribution is -2.33. The first-order chi connectivity index (χ1) is 17.0. The third kappa shape index (κ3) is 4.83. The van der Waals surface area contributed by atoms with Gasteiger partial charge < -0.3 is 20.1 Å². The van der Waals surface area contributed by atoms with Gasteiger partial charge in [0, 0.05) is 12.1 Å². The van der Waals surface area contributed by atoms with Crippen molar-refractivity contribution in [3.05, 3.63) is 41.7 Å². The van der Waals surface area contributed by atoms with Crippen LogP contribution in [0.1, 0.15) is 79.6 Å². The van der Waals surface area contributed by atoms with Gasteiger partial charge in [0.1, 0.15) is 24.3 Å². The summed E-state index contributed by atoms with van der Waals surface area (Å²) in [5.74, 6) is 1.12. The van der Waals surface area contributed by atoms with Gasteiger partial charge in [-0.25, -0.2) is 9.97 Å². The fraction of sp³-hybridized carbons (Fsp3) is 0.556. The average Bonchev–Trinajstić information content (AvgIpc) is 3.05. The van der Waals surface area contributed by atoms with E-state index in [4.69, 9.17) is 15.2 Å². The van der Waals surface area contributed by atoms with Gasteiger partial charge in [0.15, 0.2) is 0 Å². The Balaban J connectivity index is 1.20. The number of methoxy groups -OCH3 is 1. The standard InChI is InChI=1S/C27H34N4O4/c1-34-22(32)16-18-6-10-27(11-7-18)12-8-20(9-13-27)19-2-4-21(5-3-19)31-14-15-35-25-23(26(31)33)24(28)29-17-30-25/h2-5,17-18,20H,6-16H2,1H3,(H2,28,29,30). The molecule has 3 aliphatic rings. The normalized spacial score (nSPS) is 26.5. The van der Waals surface area contributed by atoms with Crippen molar-refractivity contribution in [2.45, 2.75) is 63.7 Å². The molecule has 2 fully saturated rings. The summed E-state index contributed by atoms with van der Waals surface area (Å²) in [6.07, 6.45) is 11.5. The molecule has 0 atom stereocenters. The molecule has 2 aromatic rings. The number of aromatic nitrogens is 2. The molecule has 2 aliphatic carbocycles. The fourth-order valence-electron chi connectivity index (χ4n) is 6.21. The minimum Gasteiger partial charge on any atom is -0.475 e. The van der Waals surface area contributed by atoms with Gasteiger partial charge in [-0.2, -0.15) is 0 Å². The number of benzene rings is 1. The zero-order valence-corrected chi connectivity index (χ0v) is 20.4. The van der Waals surface area contributed by atoms with Crippen molar-refractivity contribution in [1.82, 2.24) is 9.97 Å². The number of nitrogens with zero attached hydrogens (tertiary/aromatic N) is 3. The first-order valence-electron chi connectivity index (χ1n) is 12.7. The molecule has 1 aliphatic heterocycles. The Hall–Kier alpha value is -3.16. The number of rotatable bonds is 4. The maximum Gasteiger partial charge on any atom is 0.305 e. The second-order valence-electron chi connectivity index (χ2n) is 10.3. The Kier molecular flexibility index (Phi) is 6.62. The Morgan fingerprint density at radius 1 is 1.11 bits per heavy atom. The molecule has 2 N–H and O–H groups in total. The number of fused-ring (bicyclic) bond motifs is 1. The summed E-state index contributed by atoms with van der Waals surface area (Å²) in [5.41, 5.74) is 8.81. The monoisotopic (exact) mass is 478 g/mol. The van der Waals surface area contributed by atoms with E-state index in [1.807, 2.05) is 12.1 Å². The van der Waals surface area contributed by atoms with E-state index in [2.05, 4.69) is 22.1 Å². The highest BCUT2D eigenvalue weighted by atomic mass is 16.5. The molecule has 0 radical (unpaired) electrons. The molecular weight excluding hydrogens is 444 g/mol. The van der Waals surface area contributed by atoms with Gasteiger partial charge in [-0.3, -0.25) is 9.59 Å². The molecule has 2 heterocycles. The first-order valence-corrected chi connectivity index (χ1v) is 12.7. The Labute approximate surface area is 206 Å². The zero-order chi connectivity index (χ0) is 24.4. The first kappa shape index (κ1) is 23.6. The number of hydrogen-bond acceptors (Lipinski definition) is 7. The predicted molar refractivity (Wildman–Crippen MR) is 132 cm³/mol. The average molecular weight is 479 g/mol. The van der Waals surface area contributed by atoms with Crippen LogP contribution in [0.3, 0.4) is 0 Å². The number of nitrogens with two attached hydrogens (primary N) is 1. The molecule has 1 amide bonds. The highest BCUT2D eigenvalue weighted by Gasteiger charge is 2.39. The molecule has 8 heteroatoms. The number of nitrogen functional groups attached to an aromatic ring is 1. The highest BCUT2D eigenvalue weighted by Crippen LogP contribution is 2.52. The summed E-state index contributed by atoms with van der Waals surface area (Å²) in [6, 6.07) is 8.38. The van der Waals surface area contributed by atoms with Gasteiger partial charge in [-0.15, -0.1) is 0 Å². The van der Waals surface area contributed by atoms with Crippen LogP contribution in [0.25, 0.3) is 0 Å². The lowest BCUT2D eigenvalue weighted by atomic mass is 9.60. The molecule has 0 bridgehead atoms. The molecule has 1 aromatic heterocycles. The molecule has 0 unspecified atom stereocenters. The summed E-state index contributed by atoms with van der Waals surface area (Å²) in [5, 5.41) is 0. The van der Waals surface area contributed by atoms with E-state index in [1.165, 1.54) is 57.5 Å². The maximum atomic E-state index is 13.2. The van der Waals surface area contributed by atoms with Crippen LogP contribution in [0.5, 0.6) is 5.88 Å². The summed E-state index contributed by atoms with van der Waals surface area (Å²) in [6.45, 7) is 0.777. The second kappa shape index (κ2) is 9.84. The molecule has 5 rings (SSSR count). The number of carbonyl (C=O) groups is 2. The summed E-state index contributed by atoms with van der Waals surface area (Å²) in [7, 11) is 1.48. The van der Waals surface area contributed by atoms with Crippen molar-refractivity contribution in [2.24, 2.45) is 11.3 Å². The third-order valence-electron chi connectivity index (χ3n) is 8.43. The minimum absolute atomic E-state index is 0.0754. The molecule has 35 heavy (non-hydrogen) atoms. The Bertz CT molecular complexity index is 1070. The number of ether oxygens (including phenoxy) is 2. The van der Waals surface area contributed by atoms with E-state index < -0.39 is 0 Å². The molecular formula is C27H34N4O4. The number of esters is 1. The van der Waals surface area contributed by atoms with Crippen molar-refractivity contribution in [2.75, 3.05) is 30.9 Å². The van der Waals surface area contributed by atoms with Crippen LogP contribution in [0.4, 0.5) is 11.5 Å². The van der Waals surface area contributed by atoms with Gasteiger partial charge in [-0.05, 0) is 86.3 Å². The van der Waals surface area contributed by atoms with Crippen molar-refractivity contribution in [3.63, 3.8) is 0 Å². The van der Waals surface area contributed by atoms with Crippen LogP contribution in [-0.4, -0.2) is 42.1 Å². The fourth-order valence-corrected chi connectivity index (χ4v) is 6.21. The summed E-state index contributed by atoms with van der Waals surface area (Å²) >= 11 is 0. The largest absolute Gasteiger partial charge is 0.475 e. The van der Waals surface area contributed by atoms with E-state index in [9.17, 15) is 9.59 Å². The smallest absolute Gasteiger partial charge is 0.305 e. The lowest BCUT2D eigenvalue weighted by molar-refractivity contribution is -0.142. The van der Waals surface area contributed by atoms with Crippen molar-refractivity contribution in [3.8, 4) is 5.88 Å². The van der Waals surface area contributed by atoms with E-state index in [0.717, 1.165) is 18.5 Å². The topological polar surface area (TPSA) is 108 Å². The SMILES string of the molecule is COC(=O)CC1CCC2(CC1)CCC(c1ccc(N3CCOc4ncnc(N)c4C3=O)cc1)CC2. The zero-order valence-electron chi connectivity index (χ0n) is 20.4. The molecule has 1 aromatic carbocycles.